The van der Waals surface area contributed by atoms with Gasteiger partial charge in [0.25, 0.3) is 0 Å². The van der Waals surface area contributed by atoms with Gasteiger partial charge in [-0.05, 0) is 73.5 Å². The molecule has 0 aromatic carbocycles. The van der Waals surface area contributed by atoms with E-state index < -0.39 is 0 Å². The minimum atomic E-state index is -0.160. The Hall–Kier alpha value is -0.830. The van der Waals surface area contributed by atoms with Crippen molar-refractivity contribution in [2.45, 2.75) is 78.2 Å². The lowest BCUT2D eigenvalue weighted by Crippen LogP contribution is -2.51. The molecule has 0 unspecified atom stereocenters. The number of rotatable bonds is 3. The van der Waals surface area contributed by atoms with Crippen LogP contribution in [0.1, 0.15) is 72.1 Å². The number of carbonyl (C=O) groups excluding carboxylic acids is 2. The lowest BCUT2D eigenvalue weighted by Gasteiger charge is -2.58. The Morgan fingerprint density at radius 3 is 2.63 bits per heavy atom. The van der Waals surface area contributed by atoms with E-state index in [1.807, 2.05) is 0 Å². The third kappa shape index (κ3) is 2.99. The maximum atomic E-state index is 12.5. The molecule has 0 bridgehead atoms. The number of esters is 1. The highest BCUT2D eigenvalue weighted by Crippen LogP contribution is 2.66. The van der Waals surface area contributed by atoms with E-state index >= 15 is 0 Å². The van der Waals surface area contributed by atoms with Crippen LogP contribution in [-0.2, 0) is 14.3 Å². The molecule has 4 rings (SSSR count). The van der Waals surface area contributed by atoms with Gasteiger partial charge in [-0.1, -0.05) is 25.5 Å². The fourth-order valence-electron chi connectivity index (χ4n) is 7.58. The van der Waals surface area contributed by atoms with Crippen molar-refractivity contribution in [3.63, 3.8) is 0 Å². The van der Waals surface area contributed by atoms with E-state index in [1.54, 1.807) is 0 Å². The van der Waals surface area contributed by atoms with E-state index in [2.05, 4.69) is 19.9 Å². The average Bonchev–Trinajstić information content (AvgIpc) is 2.98. The van der Waals surface area contributed by atoms with Crippen LogP contribution in [-0.4, -0.2) is 23.7 Å². The number of hydrogen-bond donors (Lipinski definition) is 0. The van der Waals surface area contributed by atoms with Crippen molar-refractivity contribution in [2.75, 3.05) is 5.88 Å². The zero-order valence-electron chi connectivity index (χ0n) is 16.9. The Labute approximate surface area is 168 Å². The predicted octanol–water partition coefficient (Wildman–Crippen LogP) is 5.31. The summed E-state index contributed by atoms with van der Waals surface area (Å²) in [7, 11) is 0. The summed E-state index contributed by atoms with van der Waals surface area (Å²) in [5.41, 5.74) is 1.91. The van der Waals surface area contributed by atoms with Crippen LogP contribution in [0.3, 0.4) is 0 Å². The number of alkyl halides is 1. The second kappa shape index (κ2) is 6.90. The molecule has 3 nitrogen and oxygen atoms in total. The largest absolute Gasteiger partial charge is 0.462 e. The number of ketones is 1. The van der Waals surface area contributed by atoms with Gasteiger partial charge in [0.1, 0.15) is 6.10 Å². The van der Waals surface area contributed by atoms with Gasteiger partial charge in [0, 0.05) is 19.3 Å². The molecule has 0 amide bonds. The molecule has 0 saturated heterocycles. The van der Waals surface area contributed by atoms with Gasteiger partial charge in [-0.15, -0.1) is 11.6 Å². The number of fused-ring (bicyclic) bond motifs is 5. The molecule has 0 aliphatic heterocycles. The van der Waals surface area contributed by atoms with Crippen LogP contribution in [0.5, 0.6) is 0 Å². The number of halogens is 1. The molecule has 3 fully saturated rings. The Morgan fingerprint density at radius 1 is 1.15 bits per heavy atom. The van der Waals surface area contributed by atoms with E-state index in [0.717, 1.165) is 38.5 Å². The molecule has 150 valence electrons. The number of hydrogen-bond acceptors (Lipinski definition) is 3. The first-order valence-electron chi connectivity index (χ1n) is 10.7. The molecule has 0 spiro atoms. The molecule has 3 saturated carbocycles. The van der Waals surface area contributed by atoms with E-state index in [0.29, 0.717) is 17.8 Å². The first kappa shape index (κ1) is 19.5. The van der Waals surface area contributed by atoms with Gasteiger partial charge in [0.15, 0.2) is 5.78 Å². The second-order valence-corrected chi connectivity index (χ2v) is 10.3. The first-order valence-corrected chi connectivity index (χ1v) is 11.3. The molecule has 0 heterocycles. The van der Waals surface area contributed by atoms with Gasteiger partial charge in [0.05, 0.1) is 5.88 Å². The van der Waals surface area contributed by atoms with Crippen LogP contribution < -0.4 is 0 Å². The second-order valence-electron chi connectivity index (χ2n) is 10.0. The van der Waals surface area contributed by atoms with Gasteiger partial charge in [0.2, 0.25) is 0 Å². The van der Waals surface area contributed by atoms with Crippen LogP contribution in [0.25, 0.3) is 0 Å². The molecule has 0 aromatic rings. The lowest BCUT2D eigenvalue weighted by atomic mass is 9.47. The average molecular weight is 393 g/mol. The quantitative estimate of drug-likeness (QED) is 0.371. The molecular weight excluding hydrogens is 360 g/mol. The molecule has 0 N–H and O–H groups in total. The van der Waals surface area contributed by atoms with E-state index in [9.17, 15) is 9.59 Å². The Kier molecular flexibility index (Phi) is 4.98. The summed E-state index contributed by atoms with van der Waals surface area (Å²) in [6.07, 6.45) is 11.2. The van der Waals surface area contributed by atoms with Crippen molar-refractivity contribution in [1.82, 2.24) is 0 Å². The normalized spacial score (nSPS) is 45.9. The highest BCUT2D eigenvalue weighted by atomic mass is 35.5. The van der Waals surface area contributed by atoms with Crippen LogP contribution >= 0.6 is 11.6 Å². The molecule has 0 aromatic heterocycles. The van der Waals surface area contributed by atoms with E-state index in [-0.39, 0.29) is 40.5 Å². The predicted molar refractivity (Wildman–Crippen MR) is 106 cm³/mol. The molecular formula is C23H33ClO3. The van der Waals surface area contributed by atoms with Gasteiger partial charge >= 0.3 is 5.97 Å². The van der Waals surface area contributed by atoms with Crippen molar-refractivity contribution in [3.05, 3.63) is 11.6 Å². The zero-order valence-corrected chi connectivity index (χ0v) is 17.7. The Bertz CT molecular complexity index is 671. The minimum Gasteiger partial charge on any atom is -0.462 e. The van der Waals surface area contributed by atoms with Crippen molar-refractivity contribution < 1.29 is 14.3 Å². The summed E-state index contributed by atoms with van der Waals surface area (Å²) < 4.78 is 5.53. The SMILES string of the molecule is CC(=O)O[C@H]1CC[C@@]2(C)C(=CC[C@H]3[C@H]2CC[C@]2(C)[C@H](C(=O)CCl)CC[C@@H]32)C1. The molecule has 7 atom stereocenters. The van der Waals surface area contributed by atoms with Crippen LogP contribution in [0.4, 0.5) is 0 Å². The van der Waals surface area contributed by atoms with Gasteiger partial charge < -0.3 is 4.74 Å². The van der Waals surface area contributed by atoms with Crippen LogP contribution in [0.2, 0.25) is 0 Å². The van der Waals surface area contributed by atoms with Crippen LogP contribution in [0.15, 0.2) is 11.6 Å². The summed E-state index contributed by atoms with van der Waals surface area (Å²) in [6, 6.07) is 0. The molecule has 4 aliphatic carbocycles. The Morgan fingerprint density at radius 2 is 1.93 bits per heavy atom. The van der Waals surface area contributed by atoms with Gasteiger partial charge in [-0.25, -0.2) is 0 Å². The molecule has 0 radical (unpaired) electrons. The third-order valence-electron chi connectivity index (χ3n) is 8.91. The molecule has 4 aliphatic rings. The number of allylic oxidation sites excluding steroid dienone is 1. The maximum absolute atomic E-state index is 12.5. The number of Topliss-reactive ketones (excluding diaryl/α,β-unsaturated/α-hetero) is 1. The Balaban J connectivity index is 1.57. The van der Waals surface area contributed by atoms with Gasteiger partial charge in [-0.2, -0.15) is 0 Å². The van der Waals surface area contributed by atoms with Crippen molar-refractivity contribution in [3.8, 4) is 0 Å². The summed E-state index contributed by atoms with van der Waals surface area (Å²) in [4.78, 5) is 23.8. The minimum absolute atomic E-state index is 0.0597. The fourth-order valence-corrected chi connectivity index (χ4v) is 7.77. The summed E-state index contributed by atoms with van der Waals surface area (Å²) in [5, 5.41) is 0. The standard InChI is InChI=1S/C23H33ClO3/c1-14(25)27-16-8-10-22(2)15(12-16)4-5-17-18-6-7-20(21(26)13-24)23(18,3)11-9-19(17)22/h4,16-20H,5-13H2,1-3H3/t16-,17+,18-,19+,20-,22-,23-/m0/s1. The maximum Gasteiger partial charge on any atom is 0.302 e. The smallest absolute Gasteiger partial charge is 0.302 e. The highest BCUT2D eigenvalue weighted by molar-refractivity contribution is 6.28. The fraction of sp³-hybridized carbons (Fsp3) is 0.826. The van der Waals surface area contributed by atoms with E-state index in [1.165, 1.54) is 25.3 Å². The topological polar surface area (TPSA) is 43.4 Å². The first-order chi connectivity index (χ1) is 12.8. The van der Waals surface area contributed by atoms with Gasteiger partial charge in [-0.3, -0.25) is 9.59 Å². The summed E-state index contributed by atoms with van der Waals surface area (Å²) in [5.74, 6) is 2.48. The molecule has 4 heteroatoms. The lowest BCUT2D eigenvalue weighted by molar-refractivity contribution is -0.149. The third-order valence-corrected chi connectivity index (χ3v) is 9.18. The summed E-state index contributed by atoms with van der Waals surface area (Å²) in [6.45, 7) is 6.34. The number of ether oxygens (including phenoxy) is 1. The summed E-state index contributed by atoms with van der Waals surface area (Å²) >= 11 is 5.93. The monoisotopic (exact) mass is 392 g/mol. The molecule has 27 heavy (non-hydrogen) atoms. The zero-order chi connectivity index (χ0) is 19.4. The van der Waals surface area contributed by atoms with Crippen molar-refractivity contribution in [2.24, 2.45) is 34.5 Å². The van der Waals surface area contributed by atoms with Crippen molar-refractivity contribution >= 4 is 23.4 Å². The van der Waals surface area contributed by atoms with E-state index in [4.69, 9.17) is 16.3 Å². The number of carbonyl (C=O) groups is 2. The van der Waals surface area contributed by atoms with Crippen molar-refractivity contribution in [1.29, 1.82) is 0 Å². The highest BCUT2D eigenvalue weighted by Gasteiger charge is 2.59. The van der Waals surface area contributed by atoms with Crippen LogP contribution in [0, 0.1) is 34.5 Å².